The summed E-state index contributed by atoms with van der Waals surface area (Å²) in [7, 11) is 1.60. The number of amides is 1. The largest absolute Gasteiger partial charge is 0.465 e. The molecular formula is C13H19N3O3S. The molecule has 1 aromatic heterocycles. The fourth-order valence-corrected chi connectivity index (χ4v) is 3.35. The van der Waals surface area contributed by atoms with Crippen LogP contribution in [0.4, 0.5) is 5.13 Å². The van der Waals surface area contributed by atoms with Gasteiger partial charge in [0.15, 0.2) is 5.13 Å². The molecule has 0 spiro atoms. The lowest BCUT2D eigenvalue weighted by Gasteiger charge is -2.11. The Morgan fingerprint density at radius 2 is 2.30 bits per heavy atom. The van der Waals surface area contributed by atoms with Gasteiger partial charge in [-0.3, -0.25) is 9.59 Å². The standard InChI is InChI=1S/C13H19N3O3S/c1-4-19-12(18)8-5-6-9-10(8)16-13(20-9)15-7(2)11(17)14-3/h7-8H,4-6H2,1-3H3,(H,14,17)(H,15,16). The van der Waals surface area contributed by atoms with Crippen molar-refractivity contribution in [1.82, 2.24) is 10.3 Å². The Bertz CT molecular complexity index is 515. The number of fused-ring (bicyclic) bond motifs is 1. The second-order valence-corrected chi connectivity index (χ2v) is 5.73. The number of hydrogen-bond donors (Lipinski definition) is 2. The van der Waals surface area contributed by atoms with Crippen LogP contribution in [0.1, 0.15) is 36.8 Å². The molecule has 7 heteroatoms. The van der Waals surface area contributed by atoms with Crippen molar-refractivity contribution in [2.45, 2.75) is 38.6 Å². The Labute approximate surface area is 121 Å². The van der Waals surface area contributed by atoms with Crippen molar-refractivity contribution in [3.8, 4) is 0 Å². The third kappa shape index (κ3) is 2.92. The summed E-state index contributed by atoms with van der Waals surface area (Å²) < 4.78 is 5.07. The highest BCUT2D eigenvalue weighted by Gasteiger charge is 2.33. The molecule has 0 saturated carbocycles. The summed E-state index contributed by atoms with van der Waals surface area (Å²) >= 11 is 1.51. The molecule has 0 aliphatic heterocycles. The number of carbonyl (C=O) groups excluding carboxylic acids is 2. The molecule has 2 rings (SSSR count). The van der Waals surface area contributed by atoms with E-state index in [1.807, 2.05) is 0 Å². The third-order valence-corrected chi connectivity index (χ3v) is 4.33. The molecule has 1 aliphatic rings. The summed E-state index contributed by atoms with van der Waals surface area (Å²) in [6.07, 6.45) is 1.60. The van der Waals surface area contributed by atoms with Crippen LogP contribution in [0.2, 0.25) is 0 Å². The highest BCUT2D eigenvalue weighted by atomic mass is 32.1. The number of nitrogens with one attached hydrogen (secondary N) is 2. The highest BCUT2D eigenvalue weighted by molar-refractivity contribution is 7.15. The maximum absolute atomic E-state index is 11.9. The van der Waals surface area contributed by atoms with Crippen LogP contribution in [0.25, 0.3) is 0 Å². The van der Waals surface area contributed by atoms with Gasteiger partial charge in [-0.25, -0.2) is 4.98 Å². The van der Waals surface area contributed by atoms with Crippen molar-refractivity contribution in [2.24, 2.45) is 0 Å². The van der Waals surface area contributed by atoms with Crippen LogP contribution in [-0.2, 0) is 20.7 Å². The van der Waals surface area contributed by atoms with Gasteiger partial charge in [0.2, 0.25) is 5.91 Å². The molecule has 1 aliphatic carbocycles. The van der Waals surface area contributed by atoms with Crippen LogP contribution in [0, 0.1) is 0 Å². The quantitative estimate of drug-likeness (QED) is 0.800. The summed E-state index contributed by atoms with van der Waals surface area (Å²) in [5, 5.41) is 6.32. The molecular weight excluding hydrogens is 278 g/mol. The number of rotatable bonds is 5. The zero-order valence-corrected chi connectivity index (χ0v) is 12.7. The summed E-state index contributed by atoms with van der Waals surface area (Å²) in [5.74, 6) is -0.559. The SMILES string of the molecule is CCOC(=O)C1CCc2sc(NC(C)C(=O)NC)nc21. The highest BCUT2D eigenvalue weighted by Crippen LogP contribution is 2.39. The lowest BCUT2D eigenvalue weighted by molar-refractivity contribution is -0.145. The summed E-state index contributed by atoms with van der Waals surface area (Å²) in [6, 6.07) is -0.354. The van der Waals surface area contributed by atoms with Gasteiger partial charge in [0.1, 0.15) is 12.0 Å². The Balaban J connectivity index is 2.08. The van der Waals surface area contributed by atoms with E-state index in [-0.39, 0.29) is 23.8 Å². The van der Waals surface area contributed by atoms with Crippen LogP contribution >= 0.6 is 11.3 Å². The van der Waals surface area contributed by atoms with E-state index in [1.165, 1.54) is 11.3 Å². The summed E-state index contributed by atoms with van der Waals surface area (Å²) in [5.41, 5.74) is 0.806. The normalized spacial score (nSPS) is 18.2. The fraction of sp³-hybridized carbons (Fsp3) is 0.615. The minimum atomic E-state index is -0.354. The van der Waals surface area contributed by atoms with Crippen LogP contribution in [0.5, 0.6) is 0 Å². The number of ether oxygens (including phenoxy) is 1. The minimum Gasteiger partial charge on any atom is -0.465 e. The van der Waals surface area contributed by atoms with Gasteiger partial charge in [-0.05, 0) is 26.7 Å². The van der Waals surface area contributed by atoms with Crippen LogP contribution < -0.4 is 10.6 Å². The molecule has 110 valence electrons. The average Bonchev–Trinajstić information content (AvgIpc) is 2.97. The topological polar surface area (TPSA) is 80.3 Å². The summed E-state index contributed by atoms with van der Waals surface area (Å²) in [6.45, 7) is 3.95. The van der Waals surface area contributed by atoms with Gasteiger partial charge in [0.05, 0.1) is 12.3 Å². The van der Waals surface area contributed by atoms with E-state index in [0.29, 0.717) is 11.7 Å². The first-order valence-electron chi connectivity index (χ1n) is 6.71. The second kappa shape index (κ2) is 6.21. The van der Waals surface area contributed by atoms with Crippen molar-refractivity contribution in [1.29, 1.82) is 0 Å². The van der Waals surface area contributed by atoms with E-state index >= 15 is 0 Å². The number of esters is 1. The van der Waals surface area contributed by atoms with E-state index < -0.39 is 0 Å². The first-order valence-corrected chi connectivity index (χ1v) is 7.52. The molecule has 6 nitrogen and oxygen atoms in total. The van der Waals surface area contributed by atoms with Crippen LogP contribution in [-0.4, -0.2) is 36.6 Å². The number of thiazole rings is 1. The number of aromatic nitrogens is 1. The Morgan fingerprint density at radius 3 is 2.95 bits per heavy atom. The van der Waals surface area contributed by atoms with Crippen molar-refractivity contribution >= 4 is 28.3 Å². The lowest BCUT2D eigenvalue weighted by atomic mass is 10.1. The first-order chi connectivity index (χ1) is 9.56. The number of anilines is 1. The Kier molecular flexibility index (Phi) is 4.59. The van der Waals surface area contributed by atoms with Crippen molar-refractivity contribution in [2.75, 3.05) is 19.0 Å². The molecule has 0 fully saturated rings. The van der Waals surface area contributed by atoms with Crippen molar-refractivity contribution in [3.05, 3.63) is 10.6 Å². The number of likely N-dealkylation sites (N-methyl/N-ethyl adjacent to an activating group) is 1. The van der Waals surface area contributed by atoms with Gasteiger partial charge < -0.3 is 15.4 Å². The molecule has 2 N–H and O–H groups in total. The van der Waals surface area contributed by atoms with Crippen molar-refractivity contribution in [3.63, 3.8) is 0 Å². The number of nitrogens with zero attached hydrogens (tertiary/aromatic N) is 1. The first kappa shape index (κ1) is 14.8. The molecule has 1 aromatic rings. The average molecular weight is 297 g/mol. The van der Waals surface area contributed by atoms with E-state index in [1.54, 1.807) is 20.9 Å². The van der Waals surface area contributed by atoms with E-state index in [0.717, 1.165) is 23.4 Å². The molecule has 0 saturated heterocycles. The maximum atomic E-state index is 11.9. The number of carbonyl (C=O) groups is 2. The predicted molar refractivity (Wildman–Crippen MR) is 77.0 cm³/mol. The smallest absolute Gasteiger partial charge is 0.315 e. The van der Waals surface area contributed by atoms with Gasteiger partial charge in [0, 0.05) is 11.9 Å². The molecule has 1 amide bonds. The molecule has 2 unspecified atom stereocenters. The molecule has 2 atom stereocenters. The third-order valence-electron chi connectivity index (χ3n) is 3.27. The summed E-state index contributed by atoms with van der Waals surface area (Å²) in [4.78, 5) is 28.9. The Hall–Kier alpha value is -1.63. The molecule has 0 aromatic carbocycles. The van der Waals surface area contributed by atoms with Crippen LogP contribution in [0.3, 0.4) is 0 Å². The zero-order valence-electron chi connectivity index (χ0n) is 11.9. The van der Waals surface area contributed by atoms with Gasteiger partial charge >= 0.3 is 5.97 Å². The minimum absolute atomic E-state index is 0.0951. The molecule has 0 bridgehead atoms. The monoisotopic (exact) mass is 297 g/mol. The molecule has 0 radical (unpaired) electrons. The van der Waals surface area contributed by atoms with Gasteiger partial charge in [-0.15, -0.1) is 11.3 Å². The molecule has 20 heavy (non-hydrogen) atoms. The van der Waals surface area contributed by atoms with Crippen molar-refractivity contribution < 1.29 is 14.3 Å². The number of hydrogen-bond acceptors (Lipinski definition) is 6. The second-order valence-electron chi connectivity index (χ2n) is 4.65. The lowest BCUT2D eigenvalue weighted by Crippen LogP contribution is -2.35. The van der Waals surface area contributed by atoms with Gasteiger partial charge in [-0.2, -0.15) is 0 Å². The van der Waals surface area contributed by atoms with E-state index in [4.69, 9.17) is 4.74 Å². The predicted octanol–water partition coefficient (Wildman–Crippen LogP) is 1.28. The Morgan fingerprint density at radius 1 is 1.55 bits per heavy atom. The van der Waals surface area contributed by atoms with Gasteiger partial charge in [0.25, 0.3) is 0 Å². The molecule has 1 heterocycles. The van der Waals surface area contributed by atoms with E-state index in [2.05, 4.69) is 15.6 Å². The fourth-order valence-electron chi connectivity index (χ4n) is 2.23. The van der Waals surface area contributed by atoms with Gasteiger partial charge in [-0.1, -0.05) is 0 Å². The maximum Gasteiger partial charge on any atom is 0.315 e. The number of aryl methyl sites for hydroxylation is 1. The van der Waals surface area contributed by atoms with Crippen LogP contribution in [0.15, 0.2) is 0 Å². The van der Waals surface area contributed by atoms with E-state index in [9.17, 15) is 9.59 Å². The zero-order chi connectivity index (χ0) is 14.7.